The summed E-state index contributed by atoms with van der Waals surface area (Å²) in [5.41, 5.74) is 14.8. The molecule has 0 fully saturated rings. The van der Waals surface area contributed by atoms with Gasteiger partial charge >= 0.3 is 0 Å². The maximum Gasteiger partial charge on any atom is 0.222 e. The molecule has 118 valence electrons. The average molecular weight is 382 g/mol. The van der Waals surface area contributed by atoms with E-state index in [4.69, 9.17) is 11.5 Å². The second kappa shape index (κ2) is 5.57. The van der Waals surface area contributed by atoms with Crippen LogP contribution in [0.1, 0.15) is 0 Å². The molecule has 0 saturated carbocycles. The molecule has 0 aliphatic heterocycles. The third-order valence-electron chi connectivity index (χ3n) is 3.62. The summed E-state index contributed by atoms with van der Waals surface area (Å²) in [5.74, 6) is 0.508. The molecule has 0 unspecified atom stereocenters. The summed E-state index contributed by atoms with van der Waals surface area (Å²) in [5, 5.41) is 9.15. The monoisotopic (exact) mass is 381 g/mol. The molecule has 0 spiro atoms. The number of hydrogen-bond donors (Lipinski definition) is 2. The molecule has 0 bridgehead atoms. The molecule has 0 amide bonds. The Morgan fingerprint density at radius 3 is 2.54 bits per heavy atom. The Labute approximate surface area is 145 Å². The molecule has 8 heteroatoms. The van der Waals surface area contributed by atoms with Crippen LogP contribution in [0.5, 0.6) is 0 Å². The zero-order valence-electron chi connectivity index (χ0n) is 12.4. The van der Waals surface area contributed by atoms with Crippen LogP contribution in [0.15, 0.2) is 53.1 Å². The number of nitrogens with two attached hydrogens (primary N) is 2. The Morgan fingerprint density at radius 1 is 0.958 bits per heavy atom. The molecule has 2 heterocycles. The SMILES string of the molecule is Nc1nc(N)c2cc(-c3cn(-c4ccc(Br)cc4)nn3)ccc2n1. The highest BCUT2D eigenvalue weighted by molar-refractivity contribution is 9.10. The van der Waals surface area contributed by atoms with Crippen LogP contribution >= 0.6 is 15.9 Å². The molecule has 2 aromatic carbocycles. The van der Waals surface area contributed by atoms with Crippen LogP contribution < -0.4 is 11.5 Å². The number of halogens is 1. The van der Waals surface area contributed by atoms with Gasteiger partial charge in [-0.2, -0.15) is 4.98 Å². The lowest BCUT2D eigenvalue weighted by Gasteiger charge is -2.04. The van der Waals surface area contributed by atoms with Crippen LogP contribution in [0.3, 0.4) is 0 Å². The molecule has 4 rings (SSSR count). The van der Waals surface area contributed by atoms with Crippen LogP contribution in [-0.2, 0) is 0 Å². The molecule has 2 aromatic heterocycles. The van der Waals surface area contributed by atoms with Gasteiger partial charge in [0.1, 0.15) is 11.5 Å². The quantitative estimate of drug-likeness (QED) is 0.552. The van der Waals surface area contributed by atoms with E-state index in [1.165, 1.54) is 0 Å². The molecule has 0 aliphatic rings. The van der Waals surface area contributed by atoms with Crippen molar-refractivity contribution in [1.29, 1.82) is 0 Å². The third-order valence-corrected chi connectivity index (χ3v) is 4.15. The summed E-state index contributed by atoms with van der Waals surface area (Å²) < 4.78 is 2.73. The normalized spacial score (nSPS) is 11.0. The van der Waals surface area contributed by atoms with Crippen molar-refractivity contribution in [3.63, 3.8) is 0 Å². The van der Waals surface area contributed by atoms with Gasteiger partial charge in [0.15, 0.2) is 0 Å². The lowest BCUT2D eigenvalue weighted by atomic mass is 10.1. The minimum atomic E-state index is 0.161. The van der Waals surface area contributed by atoms with Crippen molar-refractivity contribution < 1.29 is 0 Å². The minimum Gasteiger partial charge on any atom is -0.383 e. The first-order valence-corrected chi connectivity index (χ1v) is 7.91. The van der Waals surface area contributed by atoms with E-state index in [9.17, 15) is 0 Å². The number of fused-ring (bicyclic) bond motifs is 1. The van der Waals surface area contributed by atoms with Gasteiger partial charge in [-0.1, -0.05) is 27.2 Å². The minimum absolute atomic E-state index is 0.161. The molecule has 0 atom stereocenters. The second-order valence-corrected chi connectivity index (χ2v) is 6.14. The van der Waals surface area contributed by atoms with Gasteiger partial charge in [0, 0.05) is 15.4 Å². The molecule has 4 N–H and O–H groups in total. The van der Waals surface area contributed by atoms with E-state index in [1.807, 2.05) is 48.7 Å². The Hall–Kier alpha value is -3.00. The summed E-state index contributed by atoms with van der Waals surface area (Å²) in [6, 6.07) is 13.5. The van der Waals surface area contributed by atoms with Crippen molar-refractivity contribution in [2.45, 2.75) is 0 Å². The van der Waals surface area contributed by atoms with Crippen molar-refractivity contribution in [1.82, 2.24) is 25.0 Å². The molecule has 24 heavy (non-hydrogen) atoms. The maximum atomic E-state index is 5.94. The fourth-order valence-corrected chi connectivity index (χ4v) is 2.71. The lowest BCUT2D eigenvalue weighted by Crippen LogP contribution is -2.00. The number of hydrogen-bond acceptors (Lipinski definition) is 6. The van der Waals surface area contributed by atoms with E-state index in [2.05, 4.69) is 36.2 Å². The van der Waals surface area contributed by atoms with E-state index in [-0.39, 0.29) is 5.95 Å². The number of nitrogen functional groups attached to an aromatic ring is 2. The van der Waals surface area contributed by atoms with E-state index in [0.29, 0.717) is 11.3 Å². The summed E-state index contributed by atoms with van der Waals surface area (Å²) in [6.45, 7) is 0. The molecular formula is C16H12BrN7. The zero-order chi connectivity index (χ0) is 16.7. The van der Waals surface area contributed by atoms with Gasteiger partial charge in [0.2, 0.25) is 5.95 Å². The summed E-state index contributed by atoms with van der Waals surface area (Å²) in [4.78, 5) is 8.17. The van der Waals surface area contributed by atoms with Gasteiger partial charge < -0.3 is 11.5 Å². The molecule has 7 nitrogen and oxygen atoms in total. The van der Waals surface area contributed by atoms with Crippen molar-refractivity contribution in [2.75, 3.05) is 11.5 Å². The number of anilines is 2. The van der Waals surface area contributed by atoms with Crippen LogP contribution in [0.2, 0.25) is 0 Å². The highest BCUT2D eigenvalue weighted by Gasteiger charge is 2.09. The first-order chi connectivity index (χ1) is 11.6. The first kappa shape index (κ1) is 14.6. The molecule has 4 aromatic rings. The third kappa shape index (κ3) is 2.56. The molecular weight excluding hydrogens is 370 g/mol. The van der Waals surface area contributed by atoms with Gasteiger partial charge in [-0.15, -0.1) is 5.10 Å². The fourth-order valence-electron chi connectivity index (χ4n) is 2.45. The smallest absolute Gasteiger partial charge is 0.222 e. The van der Waals surface area contributed by atoms with E-state index >= 15 is 0 Å². The van der Waals surface area contributed by atoms with Crippen LogP contribution in [0.25, 0.3) is 27.8 Å². The number of rotatable bonds is 2. The highest BCUT2D eigenvalue weighted by atomic mass is 79.9. The largest absolute Gasteiger partial charge is 0.383 e. The second-order valence-electron chi connectivity index (χ2n) is 5.22. The Balaban J connectivity index is 1.76. The fraction of sp³-hybridized carbons (Fsp3) is 0. The summed E-state index contributed by atoms with van der Waals surface area (Å²) in [6.07, 6.45) is 1.86. The van der Waals surface area contributed by atoms with E-state index in [0.717, 1.165) is 26.8 Å². The van der Waals surface area contributed by atoms with Gasteiger partial charge in [0.05, 0.1) is 17.4 Å². The molecule has 0 radical (unpaired) electrons. The predicted molar refractivity (Wildman–Crippen MR) is 96.4 cm³/mol. The lowest BCUT2D eigenvalue weighted by molar-refractivity contribution is 0.804. The van der Waals surface area contributed by atoms with Crippen LogP contribution in [0, 0.1) is 0 Å². The van der Waals surface area contributed by atoms with Crippen LogP contribution in [-0.4, -0.2) is 25.0 Å². The topological polar surface area (TPSA) is 109 Å². The highest BCUT2D eigenvalue weighted by Crippen LogP contribution is 2.26. The van der Waals surface area contributed by atoms with Crippen molar-refractivity contribution in [3.8, 4) is 16.9 Å². The average Bonchev–Trinajstić information content (AvgIpc) is 3.05. The van der Waals surface area contributed by atoms with Gasteiger partial charge in [-0.05, 0) is 36.4 Å². The van der Waals surface area contributed by atoms with Gasteiger partial charge in [-0.25, -0.2) is 9.67 Å². The standard InChI is InChI=1S/C16H12BrN7/c17-10-2-4-11(5-3-10)24-8-14(22-23-24)9-1-6-13-12(7-9)15(18)21-16(19)20-13/h1-8H,(H4,18,19,20,21). The Bertz CT molecular complexity index is 1040. The first-order valence-electron chi connectivity index (χ1n) is 7.11. The van der Waals surface area contributed by atoms with Gasteiger partial charge in [-0.3, -0.25) is 0 Å². The number of nitrogens with zero attached hydrogens (tertiary/aromatic N) is 5. The van der Waals surface area contributed by atoms with Crippen molar-refractivity contribution >= 4 is 38.6 Å². The van der Waals surface area contributed by atoms with Crippen molar-refractivity contribution in [3.05, 3.63) is 53.1 Å². The predicted octanol–water partition coefficient (Wildman–Crippen LogP) is 2.80. The Kier molecular flexibility index (Phi) is 3.39. The van der Waals surface area contributed by atoms with Crippen molar-refractivity contribution in [2.24, 2.45) is 0 Å². The summed E-state index contributed by atoms with van der Waals surface area (Å²) >= 11 is 3.42. The zero-order valence-corrected chi connectivity index (χ0v) is 14.0. The number of benzene rings is 2. The van der Waals surface area contributed by atoms with E-state index in [1.54, 1.807) is 4.68 Å². The van der Waals surface area contributed by atoms with E-state index < -0.39 is 0 Å². The number of aromatic nitrogens is 5. The molecule has 0 saturated heterocycles. The summed E-state index contributed by atoms with van der Waals surface area (Å²) in [7, 11) is 0. The van der Waals surface area contributed by atoms with Crippen LogP contribution in [0.4, 0.5) is 11.8 Å². The molecule has 0 aliphatic carbocycles. The Morgan fingerprint density at radius 2 is 1.75 bits per heavy atom. The van der Waals surface area contributed by atoms with Gasteiger partial charge in [0.25, 0.3) is 0 Å². The maximum absolute atomic E-state index is 5.94.